The number of fused-ring (bicyclic) bond motifs is 3. The maximum absolute atomic E-state index is 13.9. The summed E-state index contributed by atoms with van der Waals surface area (Å²) in [6, 6.07) is 17.9. The van der Waals surface area contributed by atoms with E-state index in [2.05, 4.69) is 10.6 Å². The van der Waals surface area contributed by atoms with E-state index in [0.717, 1.165) is 22.3 Å². The van der Waals surface area contributed by atoms with E-state index in [-0.39, 0.29) is 5.91 Å². The Morgan fingerprint density at radius 3 is 2.46 bits per heavy atom. The number of para-hydroxylation sites is 2. The van der Waals surface area contributed by atoms with E-state index >= 15 is 0 Å². The highest BCUT2D eigenvalue weighted by molar-refractivity contribution is 6.32. The molecule has 0 unspecified atom stereocenters. The van der Waals surface area contributed by atoms with Gasteiger partial charge in [0.25, 0.3) is 5.91 Å². The number of benzene rings is 3. The molecule has 0 saturated heterocycles. The van der Waals surface area contributed by atoms with Gasteiger partial charge in [-0.15, -0.1) is 0 Å². The van der Waals surface area contributed by atoms with Crippen LogP contribution in [0, 0.1) is 0 Å². The van der Waals surface area contributed by atoms with Gasteiger partial charge < -0.3 is 20.1 Å². The standard InChI is InChI=1S/C26H22Cl2N4O3/c1-14-23(25(33)29-19-13-21(34-2)17(28)12-22(19)35-3)24(15-8-4-5-9-16(15)27)31-26-30-18-10-6-7-11-20(18)32(14)26/h4-13,24H,1-3H3,(H,29,33)(H,30,31)/t24-/m1/s1. The van der Waals surface area contributed by atoms with E-state index in [0.29, 0.717) is 38.8 Å². The zero-order valence-corrected chi connectivity index (χ0v) is 20.7. The minimum atomic E-state index is -0.534. The zero-order chi connectivity index (χ0) is 24.7. The summed E-state index contributed by atoms with van der Waals surface area (Å²) in [5.41, 5.74) is 4.12. The number of nitrogens with zero attached hydrogens (tertiary/aromatic N) is 2. The molecule has 0 fully saturated rings. The molecule has 2 N–H and O–H groups in total. The Hall–Kier alpha value is -3.68. The smallest absolute Gasteiger partial charge is 0.255 e. The first-order valence-corrected chi connectivity index (χ1v) is 11.6. The molecule has 0 bridgehead atoms. The van der Waals surface area contributed by atoms with Crippen molar-refractivity contribution in [2.45, 2.75) is 13.0 Å². The number of carbonyl (C=O) groups is 1. The maximum atomic E-state index is 13.9. The van der Waals surface area contributed by atoms with Crippen LogP contribution in [0.2, 0.25) is 10.0 Å². The van der Waals surface area contributed by atoms with E-state index in [9.17, 15) is 4.79 Å². The van der Waals surface area contributed by atoms with Gasteiger partial charge in [0.15, 0.2) is 0 Å². The highest BCUT2D eigenvalue weighted by atomic mass is 35.5. The molecule has 0 aliphatic carbocycles. The summed E-state index contributed by atoms with van der Waals surface area (Å²) in [6.07, 6.45) is 0. The number of aromatic nitrogens is 2. The first-order valence-electron chi connectivity index (χ1n) is 10.9. The van der Waals surface area contributed by atoms with Crippen molar-refractivity contribution in [3.63, 3.8) is 0 Å². The van der Waals surface area contributed by atoms with Crippen molar-refractivity contribution >= 4 is 57.5 Å². The maximum Gasteiger partial charge on any atom is 0.255 e. The molecule has 35 heavy (non-hydrogen) atoms. The molecular weight excluding hydrogens is 487 g/mol. The minimum absolute atomic E-state index is 0.328. The van der Waals surface area contributed by atoms with Crippen molar-refractivity contribution in [3.8, 4) is 11.5 Å². The van der Waals surface area contributed by atoms with Crippen LogP contribution in [0.1, 0.15) is 18.5 Å². The van der Waals surface area contributed by atoms with Gasteiger partial charge in [0.1, 0.15) is 11.5 Å². The fourth-order valence-corrected chi connectivity index (χ4v) is 4.85. The Labute approximate surface area is 212 Å². The molecule has 5 rings (SSSR count). The second kappa shape index (κ2) is 9.17. The number of carbonyl (C=O) groups excluding carboxylic acids is 1. The third-order valence-electron chi connectivity index (χ3n) is 6.03. The first-order chi connectivity index (χ1) is 16.9. The van der Waals surface area contributed by atoms with E-state index in [1.54, 1.807) is 18.2 Å². The number of rotatable bonds is 5. The number of ether oxygens (including phenoxy) is 2. The molecular formula is C26H22Cl2N4O3. The Kier molecular flexibility index (Phi) is 6.05. The fourth-order valence-electron chi connectivity index (χ4n) is 4.38. The lowest BCUT2D eigenvalue weighted by Crippen LogP contribution is -2.30. The number of hydrogen-bond donors (Lipinski definition) is 2. The van der Waals surface area contributed by atoms with Gasteiger partial charge in [0.05, 0.1) is 47.6 Å². The largest absolute Gasteiger partial charge is 0.495 e. The van der Waals surface area contributed by atoms with Crippen molar-refractivity contribution in [1.82, 2.24) is 9.55 Å². The van der Waals surface area contributed by atoms with Crippen LogP contribution >= 0.6 is 23.2 Å². The average Bonchev–Trinajstić information content (AvgIpc) is 3.23. The topological polar surface area (TPSA) is 77.4 Å². The predicted octanol–water partition coefficient (Wildman–Crippen LogP) is 6.40. The number of amides is 1. The van der Waals surface area contributed by atoms with Crippen LogP contribution < -0.4 is 20.1 Å². The normalized spacial score (nSPS) is 14.9. The molecule has 1 amide bonds. The van der Waals surface area contributed by atoms with E-state index in [1.165, 1.54) is 14.2 Å². The summed E-state index contributed by atoms with van der Waals surface area (Å²) in [4.78, 5) is 18.6. The molecule has 3 aromatic carbocycles. The fraction of sp³-hybridized carbons (Fsp3) is 0.154. The Balaban J connectivity index is 1.67. The first kappa shape index (κ1) is 23.1. The predicted molar refractivity (Wildman–Crippen MR) is 140 cm³/mol. The van der Waals surface area contributed by atoms with Gasteiger partial charge in [-0.25, -0.2) is 4.98 Å². The van der Waals surface area contributed by atoms with Gasteiger partial charge in [-0.05, 0) is 30.7 Å². The molecule has 4 aromatic rings. The number of allylic oxidation sites excluding steroid dienone is 1. The summed E-state index contributed by atoms with van der Waals surface area (Å²) in [6.45, 7) is 1.90. The van der Waals surface area contributed by atoms with Gasteiger partial charge >= 0.3 is 0 Å². The SMILES string of the molecule is COc1cc(NC(=O)C2=C(C)n3c(nc4ccccc43)N[C@@H]2c2ccccc2Cl)c(OC)cc1Cl. The Bertz CT molecular complexity index is 1500. The lowest BCUT2D eigenvalue weighted by molar-refractivity contribution is -0.113. The molecule has 2 heterocycles. The van der Waals surface area contributed by atoms with Crippen LogP contribution in [0.25, 0.3) is 16.7 Å². The van der Waals surface area contributed by atoms with Crippen molar-refractivity contribution in [3.05, 3.63) is 81.8 Å². The number of halogens is 2. The van der Waals surface area contributed by atoms with Crippen LogP contribution in [0.4, 0.5) is 11.6 Å². The molecule has 1 aromatic heterocycles. The lowest BCUT2D eigenvalue weighted by atomic mass is 9.94. The number of imidazole rings is 1. The molecule has 1 atom stereocenters. The Morgan fingerprint density at radius 1 is 1.00 bits per heavy atom. The number of anilines is 2. The van der Waals surface area contributed by atoms with Crippen LogP contribution in [-0.4, -0.2) is 29.7 Å². The average molecular weight is 509 g/mol. The highest BCUT2D eigenvalue weighted by Crippen LogP contribution is 2.42. The third kappa shape index (κ3) is 3.96. The number of methoxy groups -OCH3 is 2. The number of nitrogens with one attached hydrogen (secondary N) is 2. The van der Waals surface area contributed by atoms with Crippen molar-refractivity contribution < 1.29 is 14.3 Å². The van der Waals surface area contributed by atoms with Crippen LogP contribution in [-0.2, 0) is 4.79 Å². The van der Waals surface area contributed by atoms with Crippen molar-refractivity contribution in [2.24, 2.45) is 0 Å². The van der Waals surface area contributed by atoms with Crippen LogP contribution in [0.5, 0.6) is 11.5 Å². The highest BCUT2D eigenvalue weighted by Gasteiger charge is 2.34. The Morgan fingerprint density at radius 2 is 1.71 bits per heavy atom. The molecule has 9 heteroatoms. The van der Waals surface area contributed by atoms with Crippen LogP contribution in [0.15, 0.2) is 66.2 Å². The molecule has 1 aliphatic heterocycles. The van der Waals surface area contributed by atoms with E-state index in [4.69, 9.17) is 37.7 Å². The molecule has 0 radical (unpaired) electrons. The molecule has 0 spiro atoms. The van der Waals surface area contributed by atoms with Gasteiger partial charge in [-0.2, -0.15) is 0 Å². The quantitative estimate of drug-likeness (QED) is 0.326. The third-order valence-corrected chi connectivity index (χ3v) is 6.67. The van der Waals surface area contributed by atoms with E-state index in [1.807, 2.05) is 54.0 Å². The summed E-state index contributed by atoms with van der Waals surface area (Å²) in [7, 11) is 3.02. The molecule has 0 saturated carbocycles. The van der Waals surface area contributed by atoms with Gasteiger partial charge in [0.2, 0.25) is 5.95 Å². The van der Waals surface area contributed by atoms with Gasteiger partial charge in [-0.3, -0.25) is 9.36 Å². The second-order valence-electron chi connectivity index (χ2n) is 8.00. The summed E-state index contributed by atoms with van der Waals surface area (Å²) in [5.74, 6) is 1.14. The summed E-state index contributed by atoms with van der Waals surface area (Å²) in [5, 5.41) is 7.31. The monoisotopic (exact) mass is 508 g/mol. The van der Waals surface area contributed by atoms with Crippen molar-refractivity contribution in [1.29, 1.82) is 0 Å². The summed E-state index contributed by atoms with van der Waals surface area (Å²) < 4.78 is 12.7. The van der Waals surface area contributed by atoms with Crippen molar-refractivity contribution in [2.75, 3.05) is 24.9 Å². The zero-order valence-electron chi connectivity index (χ0n) is 19.2. The molecule has 7 nitrogen and oxygen atoms in total. The molecule has 178 valence electrons. The molecule has 1 aliphatic rings. The van der Waals surface area contributed by atoms with Gasteiger partial charge in [-0.1, -0.05) is 53.5 Å². The lowest BCUT2D eigenvalue weighted by Gasteiger charge is -2.30. The number of hydrogen-bond acceptors (Lipinski definition) is 5. The summed E-state index contributed by atoms with van der Waals surface area (Å²) >= 11 is 12.8. The second-order valence-corrected chi connectivity index (χ2v) is 8.81. The minimum Gasteiger partial charge on any atom is -0.495 e. The van der Waals surface area contributed by atoms with Crippen LogP contribution in [0.3, 0.4) is 0 Å². The van der Waals surface area contributed by atoms with E-state index < -0.39 is 6.04 Å². The van der Waals surface area contributed by atoms with Gasteiger partial charge in [0, 0.05) is 22.9 Å².